The monoisotopic (exact) mass is 337 g/mol. The molecule has 0 fully saturated rings. The van der Waals surface area contributed by atoms with Gasteiger partial charge in [-0.05, 0) is 23.8 Å². The Balaban J connectivity index is 1.94. The Morgan fingerprint density at radius 1 is 1.16 bits per heavy atom. The van der Waals surface area contributed by atoms with Crippen molar-refractivity contribution in [3.05, 3.63) is 65.1 Å². The highest BCUT2D eigenvalue weighted by molar-refractivity contribution is 5.86. The number of fused-ring (bicyclic) bond motifs is 3. The van der Waals surface area contributed by atoms with Crippen LogP contribution in [0.15, 0.2) is 53.7 Å². The molecule has 4 aromatic rings. The number of halogens is 1. The van der Waals surface area contributed by atoms with E-state index in [0.29, 0.717) is 16.6 Å². The second kappa shape index (κ2) is 5.52. The van der Waals surface area contributed by atoms with E-state index in [1.165, 1.54) is 31.5 Å². The molecule has 124 valence electrons. The molecule has 1 aromatic carbocycles. The molecule has 3 heterocycles. The lowest BCUT2D eigenvalue weighted by atomic mass is 10.1. The van der Waals surface area contributed by atoms with E-state index < -0.39 is 5.56 Å². The number of hydrogen-bond donors (Lipinski definition) is 1. The molecule has 0 radical (unpaired) electrons. The van der Waals surface area contributed by atoms with Gasteiger partial charge in [-0.25, -0.2) is 18.6 Å². The third kappa shape index (κ3) is 2.44. The molecule has 0 atom stereocenters. The maximum atomic E-state index is 13.1. The van der Waals surface area contributed by atoms with Crippen molar-refractivity contribution in [1.82, 2.24) is 19.3 Å². The van der Waals surface area contributed by atoms with Crippen molar-refractivity contribution in [2.45, 2.75) is 6.92 Å². The molecule has 0 aliphatic carbocycles. The van der Waals surface area contributed by atoms with Crippen LogP contribution in [-0.4, -0.2) is 25.2 Å². The molecule has 0 bridgehead atoms. The van der Waals surface area contributed by atoms with Crippen LogP contribution in [0.5, 0.6) is 0 Å². The number of pyridine rings is 1. The zero-order valence-electron chi connectivity index (χ0n) is 13.1. The fourth-order valence-corrected chi connectivity index (χ4v) is 2.71. The summed E-state index contributed by atoms with van der Waals surface area (Å²) in [6.07, 6.45) is 4.53. The van der Waals surface area contributed by atoms with Crippen LogP contribution in [0.1, 0.15) is 6.92 Å². The number of carbonyl (C=O) groups is 1. The lowest BCUT2D eigenvalue weighted by Crippen LogP contribution is -2.31. The van der Waals surface area contributed by atoms with Crippen LogP contribution in [0.25, 0.3) is 27.7 Å². The van der Waals surface area contributed by atoms with Crippen LogP contribution in [0, 0.1) is 5.82 Å². The Morgan fingerprint density at radius 2 is 1.92 bits per heavy atom. The molecule has 0 spiro atoms. The van der Waals surface area contributed by atoms with Gasteiger partial charge in [0.1, 0.15) is 5.82 Å². The first-order valence-electron chi connectivity index (χ1n) is 7.46. The highest BCUT2D eigenvalue weighted by Gasteiger charge is 2.13. The van der Waals surface area contributed by atoms with Crippen molar-refractivity contribution >= 4 is 22.5 Å². The van der Waals surface area contributed by atoms with Gasteiger partial charge in [0.25, 0.3) is 5.56 Å². The molecule has 0 saturated carbocycles. The second-order valence-corrected chi connectivity index (χ2v) is 5.52. The van der Waals surface area contributed by atoms with Gasteiger partial charge in [-0.1, -0.05) is 12.1 Å². The van der Waals surface area contributed by atoms with Crippen molar-refractivity contribution in [2.75, 3.05) is 5.43 Å². The summed E-state index contributed by atoms with van der Waals surface area (Å²) in [5, 5.41) is 4.62. The van der Waals surface area contributed by atoms with Gasteiger partial charge in [-0.3, -0.25) is 15.0 Å². The van der Waals surface area contributed by atoms with Gasteiger partial charge in [-0.15, -0.1) is 0 Å². The van der Waals surface area contributed by atoms with Gasteiger partial charge in [0.2, 0.25) is 5.91 Å². The van der Waals surface area contributed by atoms with E-state index in [1.54, 1.807) is 28.9 Å². The van der Waals surface area contributed by atoms with Gasteiger partial charge in [0, 0.05) is 24.9 Å². The number of nitrogens with one attached hydrogen (secondary N) is 1. The molecular weight excluding hydrogens is 325 g/mol. The highest BCUT2D eigenvalue weighted by atomic mass is 19.1. The average molecular weight is 337 g/mol. The van der Waals surface area contributed by atoms with Crippen LogP contribution in [-0.2, 0) is 4.79 Å². The van der Waals surface area contributed by atoms with Crippen LogP contribution >= 0.6 is 0 Å². The van der Waals surface area contributed by atoms with E-state index in [-0.39, 0.29) is 11.7 Å². The fraction of sp³-hybridized carbons (Fsp3) is 0.0588. The Kier molecular flexibility index (Phi) is 3.31. The van der Waals surface area contributed by atoms with Gasteiger partial charge in [0.15, 0.2) is 5.65 Å². The molecule has 1 amide bonds. The minimum absolute atomic E-state index is 0.317. The van der Waals surface area contributed by atoms with E-state index in [1.807, 2.05) is 0 Å². The maximum absolute atomic E-state index is 13.1. The minimum Gasteiger partial charge on any atom is -0.274 e. The van der Waals surface area contributed by atoms with E-state index in [9.17, 15) is 14.0 Å². The molecule has 8 heteroatoms. The summed E-state index contributed by atoms with van der Waals surface area (Å²) in [6, 6.07) is 7.70. The van der Waals surface area contributed by atoms with Crippen molar-refractivity contribution < 1.29 is 9.18 Å². The third-order valence-corrected chi connectivity index (χ3v) is 3.83. The standard InChI is InChI=1S/C17H12FN5O2/c1-10(24)21-22-7-6-15-14(17(22)25)8-19-16-13(9-20-23(15)16)11-2-4-12(18)5-3-11/h2-9H,1H3,(H,21,24). The molecule has 1 N–H and O–H groups in total. The van der Waals surface area contributed by atoms with Crippen molar-refractivity contribution in [2.24, 2.45) is 0 Å². The van der Waals surface area contributed by atoms with Gasteiger partial charge < -0.3 is 0 Å². The number of rotatable bonds is 2. The highest BCUT2D eigenvalue weighted by Crippen LogP contribution is 2.25. The SMILES string of the molecule is CC(=O)Nn1ccc2c(cnc3c(-c4ccc(F)cc4)cnn32)c1=O. The quantitative estimate of drug-likeness (QED) is 0.606. The van der Waals surface area contributed by atoms with Gasteiger partial charge >= 0.3 is 0 Å². The van der Waals surface area contributed by atoms with E-state index in [4.69, 9.17) is 0 Å². The Bertz CT molecular complexity index is 1180. The molecule has 0 unspecified atom stereocenters. The molecule has 0 aliphatic rings. The number of carbonyl (C=O) groups excluding carboxylic acids is 1. The summed E-state index contributed by atoms with van der Waals surface area (Å²) in [6.45, 7) is 1.32. The first kappa shape index (κ1) is 15.0. The van der Waals surface area contributed by atoms with Gasteiger partial charge in [0.05, 0.1) is 17.1 Å². The second-order valence-electron chi connectivity index (χ2n) is 5.52. The Hall–Kier alpha value is -3.55. The average Bonchev–Trinajstić information content (AvgIpc) is 3.02. The smallest absolute Gasteiger partial charge is 0.274 e. The first-order chi connectivity index (χ1) is 12.0. The summed E-state index contributed by atoms with van der Waals surface area (Å²) >= 11 is 0. The third-order valence-electron chi connectivity index (χ3n) is 3.83. The minimum atomic E-state index is -0.402. The lowest BCUT2D eigenvalue weighted by Gasteiger charge is -2.08. The topological polar surface area (TPSA) is 81.3 Å². The van der Waals surface area contributed by atoms with Gasteiger partial charge in [-0.2, -0.15) is 5.10 Å². The summed E-state index contributed by atoms with van der Waals surface area (Å²) < 4.78 is 15.8. The van der Waals surface area contributed by atoms with E-state index >= 15 is 0 Å². The number of benzene rings is 1. The summed E-state index contributed by atoms with van der Waals surface area (Å²) in [4.78, 5) is 27.9. The molecule has 4 rings (SSSR count). The molecule has 3 aromatic heterocycles. The first-order valence-corrected chi connectivity index (χ1v) is 7.46. The predicted molar refractivity (Wildman–Crippen MR) is 90.2 cm³/mol. The van der Waals surface area contributed by atoms with E-state index in [2.05, 4.69) is 15.5 Å². The predicted octanol–water partition coefficient (Wildman–Crippen LogP) is 1.94. The Labute approximate surface area is 140 Å². The largest absolute Gasteiger partial charge is 0.280 e. The van der Waals surface area contributed by atoms with E-state index in [0.717, 1.165) is 15.8 Å². The Morgan fingerprint density at radius 3 is 2.64 bits per heavy atom. The van der Waals surface area contributed by atoms with Crippen molar-refractivity contribution in [1.29, 1.82) is 0 Å². The zero-order valence-corrected chi connectivity index (χ0v) is 13.1. The summed E-state index contributed by atoms with van der Waals surface area (Å²) in [5.41, 5.74) is 4.63. The van der Waals surface area contributed by atoms with Crippen LogP contribution < -0.4 is 11.0 Å². The van der Waals surface area contributed by atoms with Crippen molar-refractivity contribution in [3.63, 3.8) is 0 Å². The number of nitrogens with zero attached hydrogens (tertiary/aromatic N) is 4. The number of aromatic nitrogens is 4. The number of hydrogen-bond acceptors (Lipinski definition) is 4. The normalized spacial score (nSPS) is 11.1. The van der Waals surface area contributed by atoms with Crippen LogP contribution in [0.2, 0.25) is 0 Å². The molecule has 0 saturated heterocycles. The van der Waals surface area contributed by atoms with Crippen LogP contribution in [0.3, 0.4) is 0 Å². The molecular formula is C17H12FN5O2. The molecule has 7 nitrogen and oxygen atoms in total. The van der Waals surface area contributed by atoms with Crippen molar-refractivity contribution in [3.8, 4) is 11.1 Å². The number of amides is 1. The molecule has 0 aliphatic heterocycles. The lowest BCUT2D eigenvalue weighted by molar-refractivity contribution is -0.115. The zero-order chi connectivity index (χ0) is 17.6. The fourth-order valence-electron chi connectivity index (χ4n) is 2.71. The summed E-state index contributed by atoms with van der Waals surface area (Å²) in [5.74, 6) is -0.676. The summed E-state index contributed by atoms with van der Waals surface area (Å²) in [7, 11) is 0. The maximum Gasteiger partial charge on any atom is 0.280 e. The van der Waals surface area contributed by atoms with Crippen LogP contribution in [0.4, 0.5) is 4.39 Å². The molecule has 25 heavy (non-hydrogen) atoms.